The van der Waals surface area contributed by atoms with Crippen LogP contribution >= 0.6 is 43.2 Å². The molecule has 0 aliphatic heterocycles. The number of hydrogen-bond donors (Lipinski definition) is 3. The largest absolute Gasteiger partial charge is 0.481 e. The number of benzene rings is 2. The first kappa shape index (κ1) is 21.3. The van der Waals surface area contributed by atoms with Gasteiger partial charge in [-0.1, -0.05) is 11.3 Å². The van der Waals surface area contributed by atoms with Crippen LogP contribution in [0.5, 0.6) is 0 Å². The normalized spacial score (nSPS) is 9.64. The van der Waals surface area contributed by atoms with Gasteiger partial charge < -0.3 is 16.6 Å². The third-order valence-electron chi connectivity index (χ3n) is 2.39. The third kappa shape index (κ3) is 7.32. The molecule has 0 fully saturated rings. The van der Waals surface area contributed by atoms with E-state index < -0.39 is 5.97 Å². The summed E-state index contributed by atoms with van der Waals surface area (Å²) in [4.78, 5) is 13.0. The van der Waals surface area contributed by atoms with Gasteiger partial charge in [0.2, 0.25) is 0 Å². The van der Waals surface area contributed by atoms with Crippen LogP contribution < -0.4 is 11.5 Å². The number of rotatable bonds is 0. The lowest BCUT2D eigenvalue weighted by Gasteiger charge is -1.93. The van der Waals surface area contributed by atoms with Gasteiger partial charge >= 0.3 is 0 Å². The van der Waals surface area contributed by atoms with Gasteiger partial charge in [0.05, 0.1) is 19.2 Å². The lowest BCUT2D eigenvalue weighted by atomic mass is 10.3. The summed E-state index contributed by atoms with van der Waals surface area (Å²) in [6.45, 7) is 1.08. The summed E-state index contributed by atoms with van der Waals surface area (Å²) in [5, 5.41) is 7.88. The number of thiazole rings is 1. The van der Waals surface area contributed by atoms with Crippen LogP contribution in [0.2, 0.25) is 0 Å². The molecule has 0 unspecified atom stereocenters. The third-order valence-corrected chi connectivity index (χ3v) is 4.49. The summed E-state index contributed by atoms with van der Waals surface area (Å²) in [6.07, 6.45) is 0. The number of anilines is 2. The molecular weight excluding hydrogens is 484 g/mol. The number of nitrogens with zero attached hydrogens (tertiary/aromatic N) is 1. The Hall–Kier alpha value is -1.78. The van der Waals surface area contributed by atoms with E-state index in [1.807, 2.05) is 0 Å². The van der Waals surface area contributed by atoms with Gasteiger partial charge in [0.25, 0.3) is 5.97 Å². The van der Waals surface area contributed by atoms with Crippen molar-refractivity contribution in [3.05, 3.63) is 50.9 Å². The van der Waals surface area contributed by atoms with Crippen molar-refractivity contribution in [1.82, 2.24) is 4.98 Å². The molecule has 0 radical (unpaired) electrons. The average Bonchev–Trinajstić information content (AvgIpc) is 2.83. The van der Waals surface area contributed by atoms with Crippen LogP contribution in [-0.4, -0.2) is 16.1 Å². The maximum Gasteiger partial charge on any atom is 0.300 e. The van der Waals surface area contributed by atoms with Crippen molar-refractivity contribution in [2.24, 2.45) is 0 Å². The number of nitrogens with two attached hydrogens (primary N) is 2. The fourth-order valence-electron chi connectivity index (χ4n) is 1.45. The predicted octanol–water partition coefficient (Wildman–Crippen LogP) is 5.04. The fourth-order valence-corrected chi connectivity index (χ4v) is 2.95. The van der Waals surface area contributed by atoms with E-state index in [0.29, 0.717) is 25.3 Å². The topological polar surface area (TPSA) is 102 Å². The number of halogens is 4. The molecule has 0 spiro atoms. The van der Waals surface area contributed by atoms with Crippen LogP contribution in [0.3, 0.4) is 0 Å². The molecule has 10 heteroatoms. The molecule has 5 N–H and O–H groups in total. The van der Waals surface area contributed by atoms with Crippen molar-refractivity contribution in [3.8, 4) is 0 Å². The van der Waals surface area contributed by atoms with Gasteiger partial charge in [0.15, 0.2) is 5.13 Å². The van der Waals surface area contributed by atoms with E-state index in [1.54, 1.807) is 18.2 Å². The van der Waals surface area contributed by atoms with E-state index in [9.17, 15) is 8.78 Å². The van der Waals surface area contributed by atoms with Gasteiger partial charge in [-0.3, -0.25) is 4.79 Å². The van der Waals surface area contributed by atoms with Crippen molar-refractivity contribution in [3.63, 3.8) is 0 Å². The second kappa shape index (κ2) is 9.64. The molecule has 1 heterocycles. The smallest absolute Gasteiger partial charge is 0.300 e. The van der Waals surface area contributed by atoms with Crippen LogP contribution in [-0.2, 0) is 4.79 Å². The first-order valence-electron chi connectivity index (χ1n) is 6.51. The van der Waals surface area contributed by atoms with Crippen molar-refractivity contribution >= 4 is 70.2 Å². The number of aliphatic carboxylic acids is 1. The summed E-state index contributed by atoms with van der Waals surface area (Å²) >= 11 is 7.43. The molecule has 0 aliphatic rings. The standard InChI is InChI=1S/C7H4BrFN2S.C6H5BrFN.C2H4O2/c8-3-1-6-5(2-4(3)9)11-7(10)12-6;7-5-2-1-4(9)3-6(5)8;1-2(3)4/h1-2H,(H2,10,11);1-3H,9H2;1H3,(H,3,4). The minimum absolute atomic E-state index is 0.312. The monoisotopic (exact) mass is 495 g/mol. The number of nitrogen functional groups attached to an aromatic ring is 2. The second-order valence-electron chi connectivity index (χ2n) is 4.48. The highest BCUT2D eigenvalue weighted by atomic mass is 79.9. The molecule has 0 aliphatic carbocycles. The van der Waals surface area contributed by atoms with Gasteiger partial charge in [-0.25, -0.2) is 13.8 Å². The highest BCUT2D eigenvalue weighted by Crippen LogP contribution is 2.28. The van der Waals surface area contributed by atoms with E-state index in [4.69, 9.17) is 21.4 Å². The van der Waals surface area contributed by atoms with Gasteiger partial charge in [-0.05, 0) is 56.1 Å². The number of hydrogen-bond acceptors (Lipinski definition) is 5. The molecule has 3 aromatic rings. The lowest BCUT2D eigenvalue weighted by Crippen LogP contribution is -1.85. The van der Waals surface area contributed by atoms with E-state index in [1.165, 1.54) is 23.5 Å². The molecule has 134 valence electrons. The molecule has 0 bridgehead atoms. The number of carbonyl (C=O) groups is 1. The zero-order valence-electron chi connectivity index (χ0n) is 12.8. The first-order chi connectivity index (χ1) is 11.6. The maximum atomic E-state index is 12.9. The fraction of sp³-hybridized carbons (Fsp3) is 0.0667. The maximum absolute atomic E-state index is 12.9. The molecule has 2 aromatic carbocycles. The van der Waals surface area contributed by atoms with E-state index in [2.05, 4.69) is 36.8 Å². The highest BCUT2D eigenvalue weighted by molar-refractivity contribution is 9.10. The van der Waals surface area contributed by atoms with Crippen molar-refractivity contribution in [1.29, 1.82) is 0 Å². The summed E-state index contributed by atoms with van der Waals surface area (Å²) in [7, 11) is 0. The molecule has 0 atom stereocenters. The van der Waals surface area contributed by atoms with Gasteiger partial charge in [0, 0.05) is 18.7 Å². The van der Waals surface area contributed by atoms with Crippen LogP contribution in [0.1, 0.15) is 6.92 Å². The lowest BCUT2D eigenvalue weighted by molar-refractivity contribution is -0.134. The zero-order chi connectivity index (χ0) is 19.1. The highest BCUT2D eigenvalue weighted by Gasteiger charge is 2.05. The molecule has 0 saturated carbocycles. The average molecular weight is 497 g/mol. The van der Waals surface area contributed by atoms with Crippen LogP contribution in [0, 0.1) is 11.6 Å². The van der Waals surface area contributed by atoms with Crippen molar-refractivity contribution in [2.45, 2.75) is 6.92 Å². The van der Waals surface area contributed by atoms with Crippen LogP contribution in [0.25, 0.3) is 10.2 Å². The van der Waals surface area contributed by atoms with E-state index in [-0.39, 0.29) is 11.6 Å². The SMILES string of the molecule is CC(=O)O.Nc1ccc(Br)c(F)c1.Nc1nc2cc(F)c(Br)cc2s1. The van der Waals surface area contributed by atoms with Gasteiger partial charge in [0.1, 0.15) is 11.6 Å². The molecule has 0 saturated heterocycles. The Kier molecular flexibility index (Phi) is 8.20. The second-order valence-corrected chi connectivity index (χ2v) is 7.25. The molecule has 5 nitrogen and oxygen atoms in total. The van der Waals surface area contributed by atoms with Gasteiger partial charge in [-0.15, -0.1) is 0 Å². The Bertz CT molecular complexity index is 848. The predicted molar refractivity (Wildman–Crippen MR) is 104 cm³/mol. The molecule has 0 amide bonds. The van der Waals surface area contributed by atoms with Crippen molar-refractivity contribution in [2.75, 3.05) is 11.5 Å². The Morgan fingerprint density at radius 3 is 2.20 bits per heavy atom. The van der Waals surface area contributed by atoms with Gasteiger partial charge in [-0.2, -0.15) is 0 Å². The molecular formula is C15H13Br2F2N3O2S. The summed E-state index contributed by atoms with van der Waals surface area (Å²) in [5.74, 6) is -1.47. The number of fused-ring (bicyclic) bond motifs is 1. The van der Waals surface area contributed by atoms with E-state index in [0.717, 1.165) is 11.6 Å². The van der Waals surface area contributed by atoms with Crippen molar-refractivity contribution < 1.29 is 18.7 Å². The Morgan fingerprint density at radius 2 is 1.68 bits per heavy atom. The summed E-state index contributed by atoms with van der Waals surface area (Å²) in [5.41, 5.74) is 11.8. The Labute approximate surface area is 162 Å². The quantitative estimate of drug-likeness (QED) is 0.378. The number of aromatic nitrogens is 1. The number of carboxylic acid groups (broad SMARTS) is 1. The summed E-state index contributed by atoms with van der Waals surface area (Å²) in [6, 6.07) is 7.52. The Morgan fingerprint density at radius 1 is 1.12 bits per heavy atom. The Balaban J connectivity index is 0.000000213. The molecule has 1 aromatic heterocycles. The minimum Gasteiger partial charge on any atom is -0.481 e. The molecule has 25 heavy (non-hydrogen) atoms. The zero-order valence-corrected chi connectivity index (χ0v) is 16.8. The molecule has 3 rings (SSSR count). The van der Waals surface area contributed by atoms with Crippen LogP contribution in [0.4, 0.5) is 19.6 Å². The van der Waals surface area contributed by atoms with E-state index >= 15 is 0 Å². The summed E-state index contributed by atoms with van der Waals surface area (Å²) < 4.78 is 27.2. The first-order valence-corrected chi connectivity index (χ1v) is 8.91. The van der Waals surface area contributed by atoms with Crippen LogP contribution in [0.15, 0.2) is 39.3 Å². The minimum atomic E-state index is -0.833. The number of carboxylic acids is 1.